The minimum Gasteiger partial charge on any atom is -0.291 e. The normalized spacial score (nSPS) is 12.7. The lowest BCUT2D eigenvalue weighted by molar-refractivity contribution is 0.365. The van der Waals surface area contributed by atoms with E-state index in [1.807, 2.05) is 0 Å². The summed E-state index contributed by atoms with van der Waals surface area (Å²) in [5, 5.41) is 11.6. The summed E-state index contributed by atoms with van der Waals surface area (Å²) in [6, 6.07) is 3.31. The number of aromatic nitrogens is 3. The van der Waals surface area contributed by atoms with Crippen LogP contribution in [0.5, 0.6) is 0 Å². The Morgan fingerprint density at radius 3 is 2.10 bits per heavy atom. The van der Waals surface area contributed by atoms with Crippen LogP contribution in [-0.2, 0) is 15.6 Å². The maximum Gasteiger partial charge on any atom is 0.273 e. The van der Waals surface area contributed by atoms with Crippen LogP contribution in [0.3, 0.4) is 0 Å². The number of benzene rings is 1. The number of hydrogen-bond donors (Lipinski definition) is 1. The number of primary sulfonamides is 1. The van der Waals surface area contributed by atoms with E-state index in [9.17, 15) is 17.2 Å². The molecule has 0 aliphatic heterocycles. The molecule has 0 saturated heterocycles. The molecule has 6 nitrogen and oxygen atoms in total. The Hall–Kier alpha value is -1.87. The second-order valence-corrected chi connectivity index (χ2v) is 6.91. The summed E-state index contributed by atoms with van der Waals surface area (Å²) < 4.78 is 52.1. The van der Waals surface area contributed by atoms with Gasteiger partial charge in [-0.2, -0.15) is 0 Å². The van der Waals surface area contributed by atoms with Crippen LogP contribution in [0.15, 0.2) is 23.4 Å². The zero-order valence-electron chi connectivity index (χ0n) is 11.6. The standard InChI is InChI=1S/C12H14F2N4O2S/c1-12(2,3)18-10(16-17-11(18)21(15,19)20)9-7(13)5-4-6-8(9)14/h4-6H,1-3H3,(H2,15,19,20). The zero-order valence-corrected chi connectivity index (χ0v) is 12.4. The first-order valence-electron chi connectivity index (χ1n) is 5.96. The molecular weight excluding hydrogens is 302 g/mol. The zero-order chi connectivity index (χ0) is 16.0. The SMILES string of the molecule is CC(C)(C)n1c(-c2c(F)cccc2F)nnc1S(N)(=O)=O. The second-order valence-electron chi connectivity index (χ2n) is 5.45. The van der Waals surface area contributed by atoms with Gasteiger partial charge in [0, 0.05) is 5.54 Å². The van der Waals surface area contributed by atoms with Crippen molar-refractivity contribution < 1.29 is 17.2 Å². The van der Waals surface area contributed by atoms with Gasteiger partial charge in [-0.25, -0.2) is 22.3 Å². The summed E-state index contributed by atoms with van der Waals surface area (Å²) >= 11 is 0. The van der Waals surface area contributed by atoms with Crippen molar-refractivity contribution in [1.82, 2.24) is 14.8 Å². The van der Waals surface area contributed by atoms with Gasteiger partial charge in [-0.15, -0.1) is 10.2 Å². The first kappa shape index (κ1) is 15.5. The van der Waals surface area contributed by atoms with E-state index in [1.54, 1.807) is 20.8 Å². The molecule has 114 valence electrons. The predicted molar refractivity (Wildman–Crippen MR) is 71.7 cm³/mol. The first-order valence-corrected chi connectivity index (χ1v) is 7.51. The van der Waals surface area contributed by atoms with E-state index in [0.717, 1.165) is 16.7 Å². The van der Waals surface area contributed by atoms with Crippen molar-refractivity contribution in [1.29, 1.82) is 0 Å². The van der Waals surface area contributed by atoms with E-state index in [4.69, 9.17) is 5.14 Å². The molecule has 9 heteroatoms. The summed E-state index contributed by atoms with van der Waals surface area (Å²) in [5.74, 6) is -1.97. The molecule has 2 aromatic rings. The molecule has 2 rings (SSSR count). The van der Waals surface area contributed by atoms with Gasteiger partial charge >= 0.3 is 0 Å². The lowest BCUT2D eigenvalue weighted by Gasteiger charge is -2.24. The van der Waals surface area contributed by atoms with E-state index >= 15 is 0 Å². The monoisotopic (exact) mass is 316 g/mol. The fourth-order valence-electron chi connectivity index (χ4n) is 1.93. The quantitative estimate of drug-likeness (QED) is 0.911. The minimum absolute atomic E-state index is 0.234. The molecular formula is C12H14F2N4O2S. The van der Waals surface area contributed by atoms with Gasteiger partial charge in [-0.3, -0.25) is 4.57 Å². The third kappa shape index (κ3) is 2.79. The molecule has 0 saturated carbocycles. The molecule has 0 amide bonds. The number of rotatable bonds is 2. The van der Waals surface area contributed by atoms with Gasteiger partial charge in [0.25, 0.3) is 15.2 Å². The van der Waals surface area contributed by atoms with Crippen LogP contribution in [0.4, 0.5) is 8.78 Å². The highest BCUT2D eigenvalue weighted by atomic mass is 32.2. The Morgan fingerprint density at radius 2 is 1.67 bits per heavy atom. The van der Waals surface area contributed by atoms with Gasteiger partial charge in [0.15, 0.2) is 5.82 Å². The highest BCUT2D eigenvalue weighted by Gasteiger charge is 2.31. The highest BCUT2D eigenvalue weighted by Crippen LogP contribution is 2.30. The number of hydrogen-bond acceptors (Lipinski definition) is 4. The van der Waals surface area contributed by atoms with Crippen molar-refractivity contribution in [3.8, 4) is 11.4 Å². The smallest absolute Gasteiger partial charge is 0.273 e. The molecule has 1 heterocycles. The molecule has 0 radical (unpaired) electrons. The van der Waals surface area contributed by atoms with E-state index < -0.39 is 37.9 Å². The van der Waals surface area contributed by atoms with Crippen molar-refractivity contribution in [2.45, 2.75) is 31.5 Å². The topological polar surface area (TPSA) is 90.9 Å². The minimum atomic E-state index is -4.19. The number of sulfonamides is 1. The molecule has 0 fully saturated rings. The van der Waals surface area contributed by atoms with Crippen LogP contribution in [-0.4, -0.2) is 23.2 Å². The lowest BCUT2D eigenvalue weighted by Crippen LogP contribution is -2.29. The van der Waals surface area contributed by atoms with Crippen LogP contribution in [0, 0.1) is 11.6 Å². The maximum atomic E-state index is 13.9. The van der Waals surface area contributed by atoms with Gasteiger partial charge < -0.3 is 0 Å². The average molecular weight is 316 g/mol. The molecule has 0 atom stereocenters. The molecule has 0 bridgehead atoms. The summed E-state index contributed by atoms with van der Waals surface area (Å²) in [5.41, 5.74) is -1.30. The summed E-state index contributed by atoms with van der Waals surface area (Å²) in [7, 11) is -4.19. The third-order valence-electron chi connectivity index (χ3n) is 2.75. The number of nitrogens with two attached hydrogens (primary N) is 1. The summed E-state index contributed by atoms with van der Waals surface area (Å²) in [4.78, 5) is 0. The van der Waals surface area contributed by atoms with Crippen LogP contribution in [0.1, 0.15) is 20.8 Å². The van der Waals surface area contributed by atoms with Crippen LogP contribution >= 0.6 is 0 Å². The number of nitrogens with zero attached hydrogens (tertiary/aromatic N) is 3. The van der Waals surface area contributed by atoms with Gasteiger partial charge in [0.2, 0.25) is 0 Å². The van der Waals surface area contributed by atoms with Crippen LogP contribution < -0.4 is 5.14 Å². The van der Waals surface area contributed by atoms with Crippen molar-refractivity contribution in [3.05, 3.63) is 29.8 Å². The van der Waals surface area contributed by atoms with Crippen molar-refractivity contribution in [3.63, 3.8) is 0 Å². The molecule has 1 aromatic carbocycles. The lowest BCUT2D eigenvalue weighted by atomic mass is 10.1. The van der Waals surface area contributed by atoms with E-state index in [-0.39, 0.29) is 5.82 Å². The number of halogens is 2. The Balaban J connectivity index is 2.87. The summed E-state index contributed by atoms with van der Waals surface area (Å²) in [6.45, 7) is 4.94. The third-order valence-corrected chi connectivity index (χ3v) is 3.52. The van der Waals surface area contributed by atoms with Gasteiger partial charge in [0.05, 0.1) is 5.56 Å². The van der Waals surface area contributed by atoms with Crippen LogP contribution in [0.2, 0.25) is 0 Å². The predicted octanol–water partition coefficient (Wildman–Crippen LogP) is 1.63. The second kappa shape index (κ2) is 4.85. The molecule has 1 aromatic heterocycles. The Morgan fingerprint density at radius 1 is 1.14 bits per heavy atom. The van der Waals surface area contributed by atoms with Crippen LogP contribution in [0.25, 0.3) is 11.4 Å². The highest BCUT2D eigenvalue weighted by molar-refractivity contribution is 7.89. The fourth-order valence-corrected chi connectivity index (χ4v) is 2.70. The van der Waals surface area contributed by atoms with Crippen molar-refractivity contribution in [2.24, 2.45) is 5.14 Å². The van der Waals surface area contributed by atoms with Gasteiger partial charge in [0.1, 0.15) is 11.6 Å². The Kier molecular flexibility index (Phi) is 3.58. The molecule has 0 aliphatic rings. The maximum absolute atomic E-state index is 13.9. The molecule has 0 unspecified atom stereocenters. The van der Waals surface area contributed by atoms with E-state index in [2.05, 4.69) is 10.2 Å². The van der Waals surface area contributed by atoms with E-state index in [0.29, 0.717) is 0 Å². The van der Waals surface area contributed by atoms with Gasteiger partial charge in [-0.1, -0.05) is 6.07 Å². The van der Waals surface area contributed by atoms with E-state index in [1.165, 1.54) is 6.07 Å². The Bertz CT molecular complexity index is 774. The molecule has 2 N–H and O–H groups in total. The molecule has 21 heavy (non-hydrogen) atoms. The summed E-state index contributed by atoms with van der Waals surface area (Å²) in [6.07, 6.45) is 0. The van der Waals surface area contributed by atoms with Crippen molar-refractivity contribution in [2.75, 3.05) is 0 Å². The van der Waals surface area contributed by atoms with Crippen molar-refractivity contribution >= 4 is 10.0 Å². The molecule has 0 spiro atoms. The fraction of sp³-hybridized carbons (Fsp3) is 0.333. The van der Waals surface area contributed by atoms with Gasteiger partial charge in [-0.05, 0) is 32.9 Å². The molecule has 0 aliphatic carbocycles. The largest absolute Gasteiger partial charge is 0.291 e. The first-order chi connectivity index (χ1) is 9.53. The average Bonchev–Trinajstić information content (AvgIpc) is 2.72. The Labute approximate surface area is 120 Å².